The van der Waals surface area contributed by atoms with Crippen molar-refractivity contribution in [2.75, 3.05) is 23.4 Å². The number of nitrogens with zero attached hydrogens (tertiary/aromatic N) is 1. The Hall–Kier alpha value is -2.96. The summed E-state index contributed by atoms with van der Waals surface area (Å²) < 4.78 is 30.9. The van der Waals surface area contributed by atoms with Gasteiger partial charge in [-0.3, -0.25) is 9.69 Å². The maximum atomic E-state index is 13.2. The van der Waals surface area contributed by atoms with Crippen LogP contribution in [0.25, 0.3) is 0 Å². The van der Waals surface area contributed by atoms with Crippen molar-refractivity contribution < 1.29 is 23.1 Å². The van der Waals surface area contributed by atoms with Crippen LogP contribution in [-0.2, 0) is 4.74 Å². The number of rotatable bonds is 3. The van der Waals surface area contributed by atoms with Crippen molar-refractivity contribution in [1.82, 2.24) is 0 Å². The molecule has 1 aliphatic rings. The number of hydrogen-bond acceptors (Lipinski definition) is 3. The first-order valence-electron chi connectivity index (χ1n) is 6.85. The smallest absolute Gasteiger partial charge is 0.414 e. The predicted molar refractivity (Wildman–Crippen MR) is 79.4 cm³/mol. The van der Waals surface area contributed by atoms with Gasteiger partial charge in [0.15, 0.2) is 11.6 Å². The molecule has 0 spiro atoms. The molecule has 0 unspecified atom stereocenters. The Labute approximate surface area is 130 Å². The van der Waals surface area contributed by atoms with E-state index in [9.17, 15) is 18.4 Å². The van der Waals surface area contributed by atoms with Crippen molar-refractivity contribution in [3.63, 3.8) is 0 Å². The van der Waals surface area contributed by atoms with E-state index in [0.29, 0.717) is 24.5 Å². The molecule has 0 bridgehead atoms. The summed E-state index contributed by atoms with van der Waals surface area (Å²) in [7, 11) is 0. The highest BCUT2D eigenvalue weighted by Gasteiger charge is 2.23. The van der Waals surface area contributed by atoms with Gasteiger partial charge in [-0.05, 0) is 36.4 Å². The first kappa shape index (κ1) is 15.0. The normalized spacial score (nSPS) is 13.8. The molecule has 2 aromatic rings. The number of hydrogen-bond donors (Lipinski definition) is 1. The minimum atomic E-state index is -1.09. The van der Waals surface area contributed by atoms with Crippen LogP contribution >= 0.6 is 0 Å². The standard InChI is InChI=1S/C16H12F2N2O3/c17-13-5-4-10(8-14(13)18)15(21)19-11-2-1-3-12(9-11)20-6-7-23-16(20)22/h1-5,8-9H,6-7H2,(H,19,21). The lowest BCUT2D eigenvalue weighted by molar-refractivity contribution is 0.102. The zero-order chi connectivity index (χ0) is 16.4. The predicted octanol–water partition coefficient (Wildman–Crippen LogP) is 3.17. The Morgan fingerprint density at radius 1 is 1.13 bits per heavy atom. The van der Waals surface area contributed by atoms with E-state index in [0.717, 1.165) is 12.1 Å². The van der Waals surface area contributed by atoms with Crippen molar-refractivity contribution in [1.29, 1.82) is 0 Å². The van der Waals surface area contributed by atoms with Crippen LogP contribution in [0.2, 0.25) is 0 Å². The van der Waals surface area contributed by atoms with Gasteiger partial charge in [-0.25, -0.2) is 13.6 Å². The van der Waals surface area contributed by atoms with Gasteiger partial charge in [0.1, 0.15) is 6.61 Å². The van der Waals surface area contributed by atoms with E-state index in [1.807, 2.05) is 0 Å². The Balaban J connectivity index is 1.78. The number of cyclic esters (lactones) is 1. The van der Waals surface area contributed by atoms with Crippen LogP contribution in [-0.4, -0.2) is 25.2 Å². The molecule has 1 N–H and O–H groups in total. The third-order valence-electron chi connectivity index (χ3n) is 3.36. The Kier molecular flexibility index (Phi) is 3.92. The maximum absolute atomic E-state index is 13.2. The summed E-state index contributed by atoms with van der Waals surface area (Å²) >= 11 is 0. The lowest BCUT2D eigenvalue weighted by Crippen LogP contribution is -2.23. The number of benzene rings is 2. The summed E-state index contributed by atoms with van der Waals surface area (Å²) in [6, 6.07) is 9.51. The quantitative estimate of drug-likeness (QED) is 0.945. The van der Waals surface area contributed by atoms with Crippen molar-refractivity contribution in [2.45, 2.75) is 0 Å². The molecule has 0 radical (unpaired) electrons. The second-order valence-electron chi connectivity index (χ2n) is 4.90. The largest absolute Gasteiger partial charge is 0.447 e. The van der Waals surface area contributed by atoms with E-state index in [2.05, 4.69) is 5.32 Å². The van der Waals surface area contributed by atoms with Crippen LogP contribution in [0.4, 0.5) is 25.0 Å². The maximum Gasteiger partial charge on any atom is 0.414 e. The van der Waals surface area contributed by atoms with E-state index < -0.39 is 23.6 Å². The average molecular weight is 318 g/mol. The molecule has 7 heteroatoms. The zero-order valence-corrected chi connectivity index (χ0v) is 11.9. The highest BCUT2D eigenvalue weighted by molar-refractivity contribution is 6.04. The van der Waals surface area contributed by atoms with Crippen LogP contribution in [0.15, 0.2) is 42.5 Å². The van der Waals surface area contributed by atoms with E-state index in [4.69, 9.17) is 4.74 Å². The van der Waals surface area contributed by atoms with E-state index in [-0.39, 0.29) is 5.56 Å². The molecule has 118 valence electrons. The molecule has 1 fully saturated rings. The topological polar surface area (TPSA) is 58.6 Å². The molecule has 3 rings (SSSR count). The van der Waals surface area contributed by atoms with Crippen molar-refractivity contribution in [2.24, 2.45) is 0 Å². The van der Waals surface area contributed by atoms with Gasteiger partial charge in [0.05, 0.1) is 6.54 Å². The lowest BCUT2D eigenvalue weighted by Gasteiger charge is -2.14. The van der Waals surface area contributed by atoms with Gasteiger partial charge in [0.2, 0.25) is 0 Å². The molecule has 1 saturated heterocycles. The second-order valence-corrected chi connectivity index (χ2v) is 4.90. The van der Waals surface area contributed by atoms with Crippen molar-refractivity contribution >= 4 is 23.4 Å². The Bertz CT molecular complexity index is 780. The fraction of sp³-hybridized carbons (Fsp3) is 0.125. The number of carbonyl (C=O) groups is 2. The van der Waals surface area contributed by atoms with E-state index >= 15 is 0 Å². The third-order valence-corrected chi connectivity index (χ3v) is 3.36. The summed E-state index contributed by atoms with van der Waals surface area (Å²) in [5, 5.41) is 2.58. The van der Waals surface area contributed by atoms with Gasteiger partial charge in [0, 0.05) is 16.9 Å². The molecule has 1 heterocycles. The zero-order valence-electron chi connectivity index (χ0n) is 11.9. The molecule has 2 amide bonds. The van der Waals surface area contributed by atoms with Gasteiger partial charge in [-0.2, -0.15) is 0 Å². The molecule has 0 saturated carbocycles. The molecular formula is C16H12F2N2O3. The van der Waals surface area contributed by atoms with Crippen molar-refractivity contribution in [3.05, 3.63) is 59.7 Å². The molecule has 0 aromatic heterocycles. The third kappa shape index (κ3) is 3.13. The number of anilines is 2. The molecule has 1 aliphatic heterocycles. The Morgan fingerprint density at radius 2 is 1.96 bits per heavy atom. The van der Waals surface area contributed by atoms with Crippen LogP contribution in [0, 0.1) is 11.6 Å². The van der Waals surface area contributed by atoms with Crippen LogP contribution in [0.5, 0.6) is 0 Å². The molecule has 0 atom stereocenters. The van der Waals surface area contributed by atoms with Gasteiger partial charge in [-0.1, -0.05) is 6.07 Å². The summed E-state index contributed by atoms with van der Waals surface area (Å²) in [4.78, 5) is 25.0. The number of amides is 2. The molecule has 23 heavy (non-hydrogen) atoms. The van der Waals surface area contributed by atoms with E-state index in [1.54, 1.807) is 24.3 Å². The Morgan fingerprint density at radius 3 is 2.65 bits per heavy atom. The molecule has 0 aliphatic carbocycles. The molecule has 2 aromatic carbocycles. The fourth-order valence-corrected chi connectivity index (χ4v) is 2.22. The minimum absolute atomic E-state index is 0.00474. The number of halogens is 2. The van der Waals surface area contributed by atoms with Gasteiger partial charge < -0.3 is 10.1 Å². The summed E-state index contributed by atoms with van der Waals surface area (Å²) in [5.41, 5.74) is 1.00. The average Bonchev–Trinajstić information content (AvgIpc) is 2.96. The monoisotopic (exact) mass is 318 g/mol. The van der Waals surface area contributed by atoms with Gasteiger partial charge >= 0.3 is 6.09 Å². The number of carbonyl (C=O) groups excluding carboxylic acids is 2. The van der Waals surface area contributed by atoms with Crippen LogP contribution in [0.3, 0.4) is 0 Å². The summed E-state index contributed by atoms with van der Waals surface area (Å²) in [6.07, 6.45) is -0.450. The van der Waals surface area contributed by atoms with Crippen LogP contribution < -0.4 is 10.2 Å². The molecular weight excluding hydrogens is 306 g/mol. The summed E-state index contributed by atoms with van der Waals surface area (Å²) in [6.45, 7) is 0.740. The lowest BCUT2D eigenvalue weighted by atomic mass is 10.2. The van der Waals surface area contributed by atoms with Gasteiger partial charge in [0.25, 0.3) is 5.91 Å². The first-order valence-corrected chi connectivity index (χ1v) is 6.85. The van der Waals surface area contributed by atoms with E-state index in [1.165, 1.54) is 11.0 Å². The first-order chi connectivity index (χ1) is 11.0. The fourth-order valence-electron chi connectivity index (χ4n) is 2.22. The highest BCUT2D eigenvalue weighted by Crippen LogP contribution is 2.23. The van der Waals surface area contributed by atoms with Crippen LogP contribution in [0.1, 0.15) is 10.4 Å². The SMILES string of the molecule is O=C(Nc1cccc(N2CCOC2=O)c1)c1ccc(F)c(F)c1. The molecule has 5 nitrogen and oxygen atoms in total. The second kappa shape index (κ2) is 6.04. The number of ether oxygens (including phenoxy) is 1. The minimum Gasteiger partial charge on any atom is -0.447 e. The van der Waals surface area contributed by atoms with Gasteiger partial charge in [-0.15, -0.1) is 0 Å². The highest BCUT2D eigenvalue weighted by atomic mass is 19.2. The summed E-state index contributed by atoms with van der Waals surface area (Å²) in [5.74, 6) is -2.69. The number of nitrogens with one attached hydrogen (secondary N) is 1. The van der Waals surface area contributed by atoms with Crippen molar-refractivity contribution in [3.8, 4) is 0 Å².